The first kappa shape index (κ1) is 13.3. The van der Waals surface area contributed by atoms with Crippen LogP contribution in [-0.2, 0) is 0 Å². The van der Waals surface area contributed by atoms with Gasteiger partial charge in [-0.15, -0.1) is 0 Å². The maximum Gasteiger partial charge on any atom is 0.276 e. The second-order valence-electron chi connectivity index (χ2n) is 4.48. The molecule has 0 spiro atoms. The highest BCUT2D eigenvalue weighted by Gasteiger charge is 2.20. The van der Waals surface area contributed by atoms with Gasteiger partial charge in [0.05, 0.1) is 0 Å². The fourth-order valence-electron chi connectivity index (χ4n) is 1.87. The van der Waals surface area contributed by atoms with E-state index in [2.05, 4.69) is 11.9 Å². The Bertz CT molecular complexity index is 534. The first-order chi connectivity index (χ1) is 9.24. The van der Waals surface area contributed by atoms with E-state index in [0.29, 0.717) is 11.5 Å². The largest absolute Gasteiger partial charge is 0.443 e. The van der Waals surface area contributed by atoms with Gasteiger partial charge in [-0.2, -0.15) is 0 Å². The summed E-state index contributed by atoms with van der Waals surface area (Å²) in [6, 6.07) is 9.56. The van der Waals surface area contributed by atoms with Gasteiger partial charge in [-0.3, -0.25) is 4.79 Å². The summed E-state index contributed by atoms with van der Waals surface area (Å²) in [6.45, 7) is 2.83. The molecule has 2 rings (SSSR count). The summed E-state index contributed by atoms with van der Waals surface area (Å²) < 4.78 is 5.37. The second-order valence-corrected chi connectivity index (χ2v) is 4.48. The first-order valence-corrected chi connectivity index (χ1v) is 6.48. The van der Waals surface area contributed by atoms with Crippen molar-refractivity contribution in [3.8, 4) is 11.3 Å². The van der Waals surface area contributed by atoms with Gasteiger partial charge in [0.25, 0.3) is 5.91 Å². The highest BCUT2D eigenvalue weighted by atomic mass is 16.3. The Morgan fingerprint density at radius 2 is 2.05 bits per heavy atom. The minimum absolute atomic E-state index is 0.0962. The van der Waals surface area contributed by atoms with Crippen molar-refractivity contribution in [3.05, 3.63) is 42.4 Å². The van der Waals surface area contributed by atoms with E-state index < -0.39 is 0 Å². The Morgan fingerprint density at radius 3 is 2.74 bits per heavy atom. The molecule has 1 aromatic carbocycles. The van der Waals surface area contributed by atoms with E-state index in [-0.39, 0.29) is 5.91 Å². The highest BCUT2D eigenvalue weighted by molar-refractivity contribution is 5.97. The molecule has 0 saturated carbocycles. The van der Waals surface area contributed by atoms with Crippen molar-refractivity contribution < 1.29 is 9.21 Å². The van der Waals surface area contributed by atoms with Crippen molar-refractivity contribution in [3.63, 3.8) is 0 Å². The molecule has 0 bridgehead atoms. The molecule has 1 heterocycles. The molecule has 4 heteroatoms. The highest BCUT2D eigenvalue weighted by Crippen LogP contribution is 2.23. The predicted molar refractivity (Wildman–Crippen MR) is 73.8 cm³/mol. The minimum Gasteiger partial charge on any atom is -0.443 e. The number of aromatic nitrogens is 1. The topological polar surface area (TPSA) is 46.3 Å². The van der Waals surface area contributed by atoms with Crippen LogP contribution in [0.5, 0.6) is 0 Å². The van der Waals surface area contributed by atoms with E-state index >= 15 is 0 Å². The summed E-state index contributed by atoms with van der Waals surface area (Å²) in [5.41, 5.74) is 1.25. The quantitative estimate of drug-likeness (QED) is 0.827. The number of oxazole rings is 1. The number of hydrogen-bond donors (Lipinski definition) is 0. The molecule has 1 amide bonds. The SMILES string of the molecule is CCCCN(C)C(=O)c1ncoc1-c1ccccc1. The number of carbonyl (C=O) groups excluding carboxylic acids is 1. The minimum atomic E-state index is -0.0962. The predicted octanol–water partition coefficient (Wildman–Crippen LogP) is 3.21. The van der Waals surface area contributed by atoms with Crippen LogP contribution in [0, 0.1) is 0 Å². The Labute approximate surface area is 113 Å². The van der Waals surface area contributed by atoms with Crippen molar-refractivity contribution >= 4 is 5.91 Å². The van der Waals surface area contributed by atoms with Crippen molar-refractivity contribution in [1.29, 1.82) is 0 Å². The zero-order valence-electron chi connectivity index (χ0n) is 11.3. The van der Waals surface area contributed by atoms with Crippen molar-refractivity contribution in [1.82, 2.24) is 9.88 Å². The molecule has 1 aromatic heterocycles. The molecule has 19 heavy (non-hydrogen) atoms. The third-order valence-electron chi connectivity index (χ3n) is 3.00. The van der Waals surface area contributed by atoms with Gasteiger partial charge in [-0.05, 0) is 6.42 Å². The lowest BCUT2D eigenvalue weighted by Gasteiger charge is -2.15. The van der Waals surface area contributed by atoms with Gasteiger partial charge in [0.2, 0.25) is 0 Å². The summed E-state index contributed by atoms with van der Waals surface area (Å²) in [4.78, 5) is 18.1. The molecular weight excluding hydrogens is 240 g/mol. The molecule has 0 radical (unpaired) electrons. The van der Waals surface area contributed by atoms with Gasteiger partial charge in [0.1, 0.15) is 0 Å². The smallest absolute Gasteiger partial charge is 0.276 e. The maximum atomic E-state index is 12.3. The van der Waals surface area contributed by atoms with Crippen LogP contribution in [0.15, 0.2) is 41.1 Å². The Hall–Kier alpha value is -2.10. The van der Waals surface area contributed by atoms with Crippen LogP contribution in [0.3, 0.4) is 0 Å². The summed E-state index contributed by atoms with van der Waals surface area (Å²) in [7, 11) is 1.79. The van der Waals surface area contributed by atoms with E-state index in [1.165, 1.54) is 6.39 Å². The van der Waals surface area contributed by atoms with Gasteiger partial charge in [-0.1, -0.05) is 43.7 Å². The van der Waals surface area contributed by atoms with E-state index in [4.69, 9.17) is 4.42 Å². The molecule has 0 saturated heterocycles. The van der Waals surface area contributed by atoms with Gasteiger partial charge >= 0.3 is 0 Å². The molecule has 2 aromatic rings. The molecule has 0 aliphatic carbocycles. The summed E-state index contributed by atoms with van der Waals surface area (Å²) in [5, 5.41) is 0. The van der Waals surface area contributed by atoms with Crippen molar-refractivity contribution in [2.75, 3.05) is 13.6 Å². The number of hydrogen-bond acceptors (Lipinski definition) is 3. The third-order valence-corrected chi connectivity index (χ3v) is 3.00. The Kier molecular flexibility index (Phi) is 4.34. The number of amides is 1. The molecule has 0 fully saturated rings. The lowest BCUT2D eigenvalue weighted by Crippen LogP contribution is -2.28. The fourth-order valence-corrected chi connectivity index (χ4v) is 1.87. The Balaban J connectivity index is 2.22. The van der Waals surface area contributed by atoms with Crippen molar-refractivity contribution in [2.45, 2.75) is 19.8 Å². The molecule has 100 valence electrons. The molecule has 4 nitrogen and oxygen atoms in total. The van der Waals surface area contributed by atoms with Crippen LogP contribution in [0.25, 0.3) is 11.3 Å². The van der Waals surface area contributed by atoms with Gasteiger partial charge in [0.15, 0.2) is 17.8 Å². The molecule has 0 unspecified atom stereocenters. The van der Waals surface area contributed by atoms with Gasteiger partial charge < -0.3 is 9.32 Å². The molecule has 0 atom stereocenters. The van der Waals surface area contributed by atoms with Crippen LogP contribution in [0.4, 0.5) is 0 Å². The normalized spacial score (nSPS) is 10.4. The molecule has 0 aliphatic heterocycles. The number of rotatable bonds is 5. The van der Waals surface area contributed by atoms with Crippen LogP contribution in [0.1, 0.15) is 30.3 Å². The second kappa shape index (κ2) is 6.18. The zero-order valence-corrected chi connectivity index (χ0v) is 11.3. The van der Waals surface area contributed by atoms with E-state index in [9.17, 15) is 4.79 Å². The summed E-state index contributed by atoms with van der Waals surface area (Å²) >= 11 is 0. The standard InChI is InChI=1S/C15H18N2O2/c1-3-4-10-17(2)15(18)13-14(19-11-16-13)12-8-6-5-7-9-12/h5-9,11H,3-4,10H2,1-2H3. The average Bonchev–Trinajstić information content (AvgIpc) is 2.94. The van der Waals surface area contributed by atoms with E-state index in [0.717, 1.165) is 24.9 Å². The Morgan fingerprint density at radius 1 is 1.32 bits per heavy atom. The number of carbonyl (C=O) groups is 1. The number of benzene rings is 1. The van der Waals surface area contributed by atoms with E-state index in [1.54, 1.807) is 11.9 Å². The van der Waals surface area contributed by atoms with Gasteiger partial charge in [0, 0.05) is 19.2 Å². The summed E-state index contributed by atoms with van der Waals surface area (Å²) in [6.07, 6.45) is 3.37. The summed E-state index contributed by atoms with van der Waals surface area (Å²) in [5.74, 6) is 0.440. The average molecular weight is 258 g/mol. The fraction of sp³-hybridized carbons (Fsp3) is 0.333. The zero-order chi connectivity index (χ0) is 13.7. The van der Waals surface area contributed by atoms with Crippen molar-refractivity contribution in [2.24, 2.45) is 0 Å². The lowest BCUT2D eigenvalue weighted by atomic mass is 10.1. The number of nitrogens with zero attached hydrogens (tertiary/aromatic N) is 2. The van der Waals surface area contributed by atoms with Gasteiger partial charge in [-0.25, -0.2) is 4.98 Å². The number of unbranched alkanes of at least 4 members (excludes halogenated alkanes) is 1. The molecular formula is C15H18N2O2. The third kappa shape index (κ3) is 3.02. The van der Waals surface area contributed by atoms with Crippen LogP contribution in [0.2, 0.25) is 0 Å². The van der Waals surface area contributed by atoms with Crippen LogP contribution < -0.4 is 0 Å². The first-order valence-electron chi connectivity index (χ1n) is 6.48. The monoisotopic (exact) mass is 258 g/mol. The molecule has 0 aliphatic rings. The van der Waals surface area contributed by atoms with Crippen LogP contribution >= 0.6 is 0 Å². The molecule has 0 N–H and O–H groups in total. The maximum absolute atomic E-state index is 12.3. The van der Waals surface area contributed by atoms with Crippen LogP contribution in [-0.4, -0.2) is 29.4 Å². The lowest BCUT2D eigenvalue weighted by molar-refractivity contribution is 0.0788. The van der Waals surface area contributed by atoms with E-state index in [1.807, 2.05) is 30.3 Å².